The van der Waals surface area contributed by atoms with Crippen LogP contribution in [0.1, 0.15) is 13.8 Å². The molecule has 0 heterocycles. The van der Waals surface area contributed by atoms with Crippen LogP contribution in [0.2, 0.25) is 0 Å². The summed E-state index contributed by atoms with van der Waals surface area (Å²) in [5.74, 6) is -2.10. The standard InChI is InChI=1S/C7H12F3O4P/c1-3-13-15(12,14-4-2)5-6(11)7(8,9)10/h3-5H2,1-2H3. The van der Waals surface area contributed by atoms with E-state index in [1.165, 1.54) is 13.8 Å². The molecule has 0 bridgehead atoms. The van der Waals surface area contributed by atoms with Crippen molar-refractivity contribution in [2.45, 2.75) is 20.0 Å². The number of carbonyl (C=O) groups excluding carboxylic acids is 1. The Morgan fingerprint density at radius 1 is 1.20 bits per heavy atom. The summed E-state index contributed by atoms with van der Waals surface area (Å²) in [5.41, 5.74) is 0. The number of carbonyl (C=O) groups is 1. The average Bonchev–Trinajstić information content (AvgIpc) is 2.02. The maximum atomic E-state index is 11.9. The van der Waals surface area contributed by atoms with Gasteiger partial charge >= 0.3 is 13.8 Å². The molecule has 0 radical (unpaired) electrons. The number of halogens is 3. The number of hydrogen-bond acceptors (Lipinski definition) is 4. The molecule has 0 rings (SSSR count). The Morgan fingerprint density at radius 2 is 1.60 bits per heavy atom. The highest BCUT2D eigenvalue weighted by atomic mass is 31.2. The highest BCUT2D eigenvalue weighted by Crippen LogP contribution is 2.48. The van der Waals surface area contributed by atoms with Gasteiger partial charge in [0.05, 0.1) is 13.2 Å². The van der Waals surface area contributed by atoms with Crippen molar-refractivity contribution in [1.82, 2.24) is 0 Å². The van der Waals surface area contributed by atoms with Crippen molar-refractivity contribution in [3.63, 3.8) is 0 Å². The number of rotatable bonds is 6. The maximum Gasteiger partial charge on any atom is 0.450 e. The summed E-state index contributed by atoms with van der Waals surface area (Å²) in [6.07, 6.45) is -6.28. The normalized spacial score (nSPS) is 12.9. The smallest absolute Gasteiger partial charge is 0.309 e. The predicted octanol–water partition coefficient (Wildman–Crippen LogP) is 2.38. The highest BCUT2D eigenvalue weighted by Gasteiger charge is 2.43. The van der Waals surface area contributed by atoms with Gasteiger partial charge in [-0.1, -0.05) is 0 Å². The third-order valence-corrected chi connectivity index (χ3v) is 3.28. The van der Waals surface area contributed by atoms with Crippen LogP contribution in [0.3, 0.4) is 0 Å². The third kappa shape index (κ3) is 5.30. The monoisotopic (exact) mass is 248 g/mol. The van der Waals surface area contributed by atoms with E-state index in [1.54, 1.807) is 0 Å². The van der Waals surface area contributed by atoms with Crippen LogP contribution >= 0.6 is 7.60 Å². The molecule has 4 nitrogen and oxygen atoms in total. The molecule has 0 atom stereocenters. The first-order chi connectivity index (χ1) is 6.75. The minimum atomic E-state index is -5.01. The van der Waals surface area contributed by atoms with E-state index < -0.39 is 25.7 Å². The zero-order valence-electron chi connectivity index (χ0n) is 8.34. The summed E-state index contributed by atoms with van der Waals surface area (Å²) in [4.78, 5) is 10.6. The summed E-state index contributed by atoms with van der Waals surface area (Å²) in [5, 5.41) is 0. The Labute approximate surface area is 85.3 Å². The van der Waals surface area contributed by atoms with Crippen molar-refractivity contribution < 1.29 is 31.6 Å². The molecule has 0 aliphatic rings. The van der Waals surface area contributed by atoms with E-state index in [9.17, 15) is 22.5 Å². The summed E-state index contributed by atoms with van der Waals surface area (Å²) in [6.45, 7) is 2.73. The van der Waals surface area contributed by atoms with Gasteiger partial charge in [-0.05, 0) is 13.8 Å². The van der Waals surface area contributed by atoms with Gasteiger partial charge in [-0.15, -0.1) is 0 Å². The zero-order chi connectivity index (χ0) is 12.1. The Morgan fingerprint density at radius 3 is 1.87 bits per heavy atom. The average molecular weight is 248 g/mol. The molecule has 90 valence electrons. The van der Waals surface area contributed by atoms with Gasteiger partial charge in [0, 0.05) is 0 Å². The molecule has 0 saturated heterocycles. The molecule has 0 saturated carbocycles. The maximum absolute atomic E-state index is 11.9. The number of ketones is 1. The quantitative estimate of drug-likeness (QED) is 0.677. The van der Waals surface area contributed by atoms with Crippen LogP contribution in [0.5, 0.6) is 0 Å². The van der Waals surface area contributed by atoms with Crippen LogP contribution in [0.4, 0.5) is 13.2 Å². The summed E-state index contributed by atoms with van der Waals surface area (Å²) in [7, 11) is -3.94. The van der Waals surface area contributed by atoms with Crippen molar-refractivity contribution in [1.29, 1.82) is 0 Å². The first kappa shape index (κ1) is 14.6. The van der Waals surface area contributed by atoms with Crippen LogP contribution in [0, 0.1) is 0 Å². The molecular formula is C7H12F3O4P. The molecule has 0 amide bonds. The van der Waals surface area contributed by atoms with Gasteiger partial charge in [0.1, 0.15) is 6.16 Å². The predicted molar refractivity (Wildman–Crippen MR) is 46.8 cm³/mol. The minimum Gasteiger partial charge on any atom is -0.309 e. The van der Waals surface area contributed by atoms with Crippen molar-refractivity contribution in [2.75, 3.05) is 19.4 Å². The van der Waals surface area contributed by atoms with Crippen molar-refractivity contribution >= 4 is 13.4 Å². The molecule has 8 heteroatoms. The fraction of sp³-hybridized carbons (Fsp3) is 0.857. The van der Waals surface area contributed by atoms with Crippen molar-refractivity contribution in [3.05, 3.63) is 0 Å². The molecule has 0 aromatic rings. The molecule has 0 fully saturated rings. The second kappa shape index (κ2) is 5.63. The molecule has 0 unspecified atom stereocenters. The van der Waals surface area contributed by atoms with Crippen LogP contribution < -0.4 is 0 Å². The van der Waals surface area contributed by atoms with Crippen LogP contribution in [-0.2, 0) is 18.4 Å². The van der Waals surface area contributed by atoms with Gasteiger partial charge < -0.3 is 9.05 Å². The van der Waals surface area contributed by atoms with Crippen molar-refractivity contribution in [2.24, 2.45) is 0 Å². The lowest BCUT2D eigenvalue weighted by molar-refractivity contribution is -0.168. The first-order valence-corrected chi connectivity index (χ1v) is 5.96. The Balaban J connectivity index is 4.55. The molecular weight excluding hydrogens is 236 g/mol. The van der Waals surface area contributed by atoms with E-state index in [0.717, 1.165) is 0 Å². The second-order valence-corrected chi connectivity index (χ2v) is 4.58. The number of hydrogen-bond donors (Lipinski definition) is 0. The SMILES string of the molecule is CCOP(=O)(CC(=O)C(F)(F)F)OCC. The molecule has 0 aliphatic carbocycles. The molecule has 15 heavy (non-hydrogen) atoms. The molecule has 0 spiro atoms. The van der Waals surface area contributed by atoms with E-state index in [0.29, 0.717) is 0 Å². The van der Waals surface area contributed by atoms with E-state index in [1.807, 2.05) is 0 Å². The van der Waals surface area contributed by atoms with E-state index in [-0.39, 0.29) is 13.2 Å². The zero-order valence-corrected chi connectivity index (χ0v) is 9.23. The topological polar surface area (TPSA) is 52.6 Å². The summed E-state index contributed by atoms with van der Waals surface area (Å²) >= 11 is 0. The van der Waals surface area contributed by atoms with E-state index in [4.69, 9.17) is 0 Å². The lowest BCUT2D eigenvalue weighted by Crippen LogP contribution is -2.26. The van der Waals surface area contributed by atoms with Gasteiger partial charge in [-0.2, -0.15) is 13.2 Å². The summed E-state index contributed by atoms with van der Waals surface area (Å²) < 4.78 is 56.2. The second-order valence-electron chi connectivity index (χ2n) is 2.53. The Kier molecular flexibility index (Phi) is 5.48. The van der Waals surface area contributed by atoms with Crippen molar-refractivity contribution in [3.8, 4) is 0 Å². The summed E-state index contributed by atoms with van der Waals surface area (Å²) in [6, 6.07) is 0. The Bertz CT molecular complexity index is 253. The Hall–Kier alpha value is -0.390. The fourth-order valence-corrected chi connectivity index (χ4v) is 2.36. The van der Waals surface area contributed by atoms with Gasteiger partial charge in [0.2, 0.25) is 5.78 Å². The molecule has 0 N–H and O–H groups in total. The fourth-order valence-electron chi connectivity index (χ4n) is 0.787. The first-order valence-electron chi connectivity index (χ1n) is 4.23. The van der Waals surface area contributed by atoms with E-state index in [2.05, 4.69) is 9.05 Å². The van der Waals surface area contributed by atoms with Gasteiger partial charge in [0.15, 0.2) is 0 Å². The molecule has 0 aliphatic heterocycles. The van der Waals surface area contributed by atoms with Gasteiger partial charge in [-0.25, -0.2) is 0 Å². The van der Waals surface area contributed by atoms with Crippen LogP contribution in [0.15, 0.2) is 0 Å². The molecule has 0 aromatic heterocycles. The number of alkyl halides is 3. The van der Waals surface area contributed by atoms with E-state index >= 15 is 0 Å². The third-order valence-electron chi connectivity index (χ3n) is 1.31. The van der Waals surface area contributed by atoms with Gasteiger partial charge in [0.25, 0.3) is 0 Å². The van der Waals surface area contributed by atoms with Crippen LogP contribution in [-0.4, -0.2) is 31.3 Å². The van der Waals surface area contributed by atoms with Gasteiger partial charge in [-0.3, -0.25) is 9.36 Å². The van der Waals surface area contributed by atoms with Crippen LogP contribution in [0.25, 0.3) is 0 Å². The lowest BCUT2D eigenvalue weighted by Gasteiger charge is -2.16. The highest BCUT2D eigenvalue weighted by molar-refractivity contribution is 7.54. The largest absolute Gasteiger partial charge is 0.450 e. The number of Topliss-reactive ketones (excluding diaryl/α,β-unsaturated/α-hetero) is 1. The molecule has 0 aromatic carbocycles. The lowest BCUT2D eigenvalue weighted by atomic mass is 10.4. The minimum absolute atomic E-state index is 0.0809.